The van der Waals surface area contributed by atoms with Gasteiger partial charge in [0.15, 0.2) is 0 Å². The van der Waals surface area contributed by atoms with Gasteiger partial charge in [-0.1, -0.05) is 17.7 Å². The van der Waals surface area contributed by atoms with E-state index in [1.54, 1.807) is 6.07 Å². The van der Waals surface area contributed by atoms with Crippen molar-refractivity contribution in [3.05, 3.63) is 41.5 Å². The molecule has 0 saturated heterocycles. The maximum Gasteiger partial charge on any atom is 0.261 e. The lowest BCUT2D eigenvalue weighted by Gasteiger charge is -2.06. The van der Waals surface area contributed by atoms with E-state index in [-0.39, 0.29) is 10.8 Å². The van der Waals surface area contributed by atoms with E-state index < -0.39 is 9.05 Å². The van der Waals surface area contributed by atoms with Crippen molar-refractivity contribution < 1.29 is 13.2 Å². The highest BCUT2D eigenvalue weighted by Gasteiger charge is 2.13. The summed E-state index contributed by atoms with van der Waals surface area (Å²) >= 11 is 0. The monoisotopic (exact) mass is 313 g/mol. The first-order valence-electron chi connectivity index (χ1n) is 6.47. The SMILES string of the molecule is O=C(NCCC1=CCCC1)c1cccc(S(=O)(=O)Cl)c1. The number of hydrogen-bond acceptors (Lipinski definition) is 3. The molecule has 0 bridgehead atoms. The van der Waals surface area contributed by atoms with E-state index >= 15 is 0 Å². The third-order valence-corrected chi connectivity index (χ3v) is 4.60. The second-order valence-electron chi connectivity index (χ2n) is 4.73. The van der Waals surface area contributed by atoms with Crippen molar-refractivity contribution in [3.8, 4) is 0 Å². The van der Waals surface area contributed by atoms with Crippen molar-refractivity contribution in [2.75, 3.05) is 6.54 Å². The molecule has 0 aromatic heterocycles. The summed E-state index contributed by atoms with van der Waals surface area (Å²) in [6.45, 7) is 0.558. The van der Waals surface area contributed by atoms with Crippen LogP contribution in [0.1, 0.15) is 36.0 Å². The number of hydrogen-bond donors (Lipinski definition) is 1. The zero-order valence-corrected chi connectivity index (χ0v) is 12.5. The summed E-state index contributed by atoms with van der Waals surface area (Å²) < 4.78 is 22.4. The van der Waals surface area contributed by atoms with Gasteiger partial charge in [0.1, 0.15) is 0 Å². The topological polar surface area (TPSA) is 63.2 Å². The van der Waals surface area contributed by atoms with Crippen molar-refractivity contribution in [1.82, 2.24) is 5.32 Å². The summed E-state index contributed by atoms with van der Waals surface area (Å²) in [7, 11) is 1.45. The van der Waals surface area contributed by atoms with Crippen LogP contribution in [0.5, 0.6) is 0 Å². The predicted molar refractivity (Wildman–Crippen MR) is 78.4 cm³/mol. The van der Waals surface area contributed by atoms with Gasteiger partial charge in [-0.2, -0.15) is 0 Å². The molecule has 1 amide bonds. The van der Waals surface area contributed by atoms with Crippen LogP contribution in [0, 0.1) is 0 Å². The van der Waals surface area contributed by atoms with Crippen LogP contribution in [0.15, 0.2) is 40.8 Å². The van der Waals surface area contributed by atoms with Crippen LogP contribution >= 0.6 is 10.7 Å². The Morgan fingerprint density at radius 2 is 2.15 bits per heavy atom. The van der Waals surface area contributed by atoms with Crippen LogP contribution < -0.4 is 5.32 Å². The van der Waals surface area contributed by atoms with Crippen molar-refractivity contribution in [3.63, 3.8) is 0 Å². The van der Waals surface area contributed by atoms with Crippen LogP contribution in [0.4, 0.5) is 0 Å². The number of benzene rings is 1. The van der Waals surface area contributed by atoms with E-state index in [1.807, 2.05) is 0 Å². The molecule has 0 atom stereocenters. The van der Waals surface area contributed by atoms with Crippen LogP contribution in [-0.4, -0.2) is 20.9 Å². The Hall–Kier alpha value is -1.33. The molecule has 108 valence electrons. The van der Waals surface area contributed by atoms with Crippen LogP contribution in [0.3, 0.4) is 0 Å². The van der Waals surface area contributed by atoms with Crippen LogP contribution in [0.2, 0.25) is 0 Å². The van der Waals surface area contributed by atoms with E-state index in [2.05, 4.69) is 11.4 Å². The average molecular weight is 314 g/mol. The van der Waals surface area contributed by atoms with Crippen molar-refractivity contribution in [2.45, 2.75) is 30.6 Å². The third kappa shape index (κ3) is 4.08. The lowest BCUT2D eigenvalue weighted by Crippen LogP contribution is -2.24. The second-order valence-corrected chi connectivity index (χ2v) is 7.29. The Morgan fingerprint density at radius 1 is 1.35 bits per heavy atom. The second kappa shape index (κ2) is 6.41. The number of allylic oxidation sites excluding steroid dienone is 1. The Bertz CT molecular complexity index is 638. The molecule has 0 fully saturated rings. The molecule has 1 N–H and O–H groups in total. The van der Waals surface area contributed by atoms with Gasteiger partial charge in [0.25, 0.3) is 15.0 Å². The van der Waals surface area contributed by atoms with Gasteiger partial charge in [-0.25, -0.2) is 8.42 Å². The van der Waals surface area contributed by atoms with E-state index in [0.717, 1.165) is 19.3 Å². The molecule has 0 radical (unpaired) electrons. The van der Waals surface area contributed by atoms with Crippen LogP contribution in [-0.2, 0) is 9.05 Å². The first-order chi connectivity index (χ1) is 9.47. The summed E-state index contributed by atoms with van der Waals surface area (Å²) in [5, 5.41) is 2.79. The van der Waals surface area contributed by atoms with Gasteiger partial charge in [0.05, 0.1) is 4.90 Å². The summed E-state index contributed by atoms with van der Waals surface area (Å²) in [4.78, 5) is 11.9. The Balaban J connectivity index is 1.95. The van der Waals surface area contributed by atoms with Gasteiger partial charge in [0.2, 0.25) is 0 Å². The van der Waals surface area contributed by atoms with Gasteiger partial charge in [0, 0.05) is 22.8 Å². The number of rotatable bonds is 5. The van der Waals surface area contributed by atoms with Crippen LogP contribution in [0.25, 0.3) is 0 Å². The molecule has 1 aromatic rings. The van der Waals surface area contributed by atoms with Crippen molar-refractivity contribution in [2.24, 2.45) is 0 Å². The molecule has 0 heterocycles. The standard InChI is InChI=1S/C14H16ClNO3S/c15-20(18,19)13-7-3-6-12(10-13)14(17)16-9-8-11-4-1-2-5-11/h3-4,6-7,10H,1-2,5,8-9H2,(H,16,17). The van der Waals surface area contributed by atoms with Gasteiger partial charge in [-0.05, 0) is 43.9 Å². The van der Waals surface area contributed by atoms with Gasteiger partial charge < -0.3 is 5.32 Å². The zero-order chi connectivity index (χ0) is 14.6. The Morgan fingerprint density at radius 3 is 2.80 bits per heavy atom. The molecule has 1 aliphatic carbocycles. The largest absolute Gasteiger partial charge is 0.352 e. The fourth-order valence-corrected chi connectivity index (χ4v) is 2.99. The zero-order valence-electron chi connectivity index (χ0n) is 10.9. The summed E-state index contributed by atoms with van der Waals surface area (Å²) in [6.07, 6.45) is 6.49. The molecule has 20 heavy (non-hydrogen) atoms. The van der Waals surface area contributed by atoms with Gasteiger partial charge in [-0.15, -0.1) is 0 Å². The minimum atomic E-state index is -3.81. The van der Waals surface area contributed by atoms with Crippen molar-refractivity contribution in [1.29, 1.82) is 0 Å². The highest BCUT2D eigenvalue weighted by Crippen LogP contribution is 2.20. The number of halogens is 1. The number of nitrogens with one attached hydrogen (secondary N) is 1. The molecule has 2 rings (SSSR count). The van der Waals surface area contributed by atoms with Gasteiger partial charge in [-0.3, -0.25) is 4.79 Å². The minimum Gasteiger partial charge on any atom is -0.352 e. The maximum absolute atomic E-state index is 11.9. The van der Waals surface area contributed by atoms with Gasteiger partial charge >= 0.3 is 0 Å². The Kier molecular flexibility index (Phi) is 4.83. The first-order valence-corrected chi connectivity index (χ1v) is 8.78. The average Bonchev–Trinajstić information content (AvgIpc) is 2.91. The molecular formula is C14H16ClNO3S. The van der Waals surface area contributed by atoms with E-state index in [4.69, 9.17) is 10.7 Å². The van der Waals surface area contributed by atoms with E-state index in [9.17, 15) is 13.2 Å². The normalized spacial score (nSPS) is 14.9. The summed E-state index contributed by atoms with van der Waals surface area (Å²) in [5.41, 5.74) is 1.68. The highest BCUT2D eigenvalue weighted by atomic mass is 35.7. The third-order valence-electron chi connectivity index (χ3n) is 3.24. The molecule has 0 unspecified atom stereocenters. The summed E-state index contributed by atoms with van der Waals surface area (Å²) in [6, 6.07) is 5.72. The van der Waals surface area contributed by atoms with E-state index in [1.165, 1.54) is 30.2 Å². The number of amides is 1. The number of carbonyl (C=O) groups is 1. The molecule has 6 heteroatoms. The molecule has 4 nitrogen and oxygen atoms in total. The molecule has 1 aliphatic rings. The smallest absolute Gasteiger partial charge is 0.261 e. The Labute approximate surface area is 123 Å². The van der Waals surface area contributed by atoms with E-state index in [0.29, 0.717) is 12.1 Å². The lowest BCUT2D eigenvalue weighted by molar-refractivity contribution is 0.0954. The molecule has 0 spiro atoms. The molecule has 0 aliphatic heterocycles. The fourth-order valence-electron chi connectivity index (χ4n) is 2.19. The number of carbonyl (C=O) groups excluding carboxylic acids is 1. The fraction of sp³-hybridized carbons (Fsp3) is 0.357. The summed E-state index contributed by atoms with van der Waals surface area (Å²) in [5.74, 6) is -0.286. The highest BCUT2D eigenvalue weighted by molar-refractivity contribution is 8.13. The molecule has 1 aromatic carbocycles. The van der Waals surface area contributed by atoms with Crippen molar-refractivity contribution >= 4 is 25.6 Å². The molecule has 0 saturated carbocycles. The molecular weight excluding hydrogens is 298 g/mol. The quantitative estimate of drug-likeness (QED) is 0.671. The lowest BCUT2D eigenvalue weighted by atomic mass is 10.1. The minimum absolute atomic E-state index is 0.0645. The maximum atomic E-state index is 11.9. The predicted octanol–water partition coefficient (Wildman–Crippen LogP) is 2.84. The first kappa shape index (κ1) is 15.1.